The standard InChI is InChI=1S/C16H17NO2S/c1-3-19-15-9-4-6-12(16(15)18)11-17-13-7-5-8-14(10-13)20-2/h4-11,18H,3H2,1-2H3. The lowest BCUT2D eigenvalue weighted by Gasteiger charge is -2.07. The normalized spacial score (nSPS) is 10.9. The number of thioether (sulfide) groups is 1. The number of aromatic hydroxyl groups is 1. The second kappa shape index (κ2) is 7.01. The van der Waals surface area contributed by atoms with Crippen LogP contribution in [-0.4, -0.2) is 24.2 Å². The molecule has 0 radical (unpaired) electrons. The molecular weight excluding hydrogens is 270 g/mol. The second-order valence-corrected chi connectivity index (χ2v) is 4.97. The first-order chi connectivity index (χ1) is 9.74. The fraction of sp³-hybridized carbons (Fsp3) is 0.188. The van der Waals surface area contributed by atoms with Crippen molar-refractivity contribution >= 4 is 23.7 Å². The Morgan fingerprint density at radius 3 is 2.80 bits per heavy atom. The van der Waals surface area contributed by atoms with Crippen LogP contribution in [0.25, 0.3) is 0 Å². The van der Waals surface area contributed by atoms with Gasteiger partial charge in [-0.3, -0.25) is 4.99 Å². The average molecular weight is 287 g/mol. The van der Waals surface area contributed by atoms with E-state index in [0.29, 0.717) is 17.9 Å². The lowest BCUT2D eigenvalue weighted by Crippen LogP contribution is -1.93. The van der Waals surface area contributed by atoms with Gasteiger partial charge in [-0.15, -0.1) is 11.8 Å². The van der Waals surface area contributed by atoms with Gasteiger partial charge in [-0.05, 0) is 43.5 Å². The quantitative estimate of drug-likeness (QED) is 0.660. The summed E-state index contributed by atoms with van der Waals surface area (Å²) >= 11 is 1.67. The van der Waals surface area contributed by atoms with Gasteiger partial charge >= 0.3 is 0 Å². The number of rotatable bonds is 5. The number of ether oxygens (including phenoxy) is 1. The molecule has 0 spiro atoms. The summed E-state index contributed by atoms with van der Waals surface area (Å²) in [4.78, 5) is 5.55. The lowest BCUT2D eigenvalue weighted by atomic mass is 10.2. The van der Waals surface area contributed by atoms with Crippen molar-refractivity contribution in [2.24, 2.45) is 4.99 Å². The molecule has 2 aromatic rings. The Bertz CT molecular complexity index is 611. The first-order valence-electron chi connectivity index (χ1n) is 6.37. The zero-order valence-corrected chi connectivity index (χ0v) is 12.4. The van der Waals surface area contributed by atoms with E-state index >= 15 is 0 Å². The Hall–Kier alpha value is -1.94. The minimum atomic E-state index is 0.124. The largest absolute Gasteiger partial charge is 0.504 e. The Morgan fingerprint density at radius 1 is 1.25 bits per heavy atom. The van der Waals surface area contributed by atoms with Gasteiger partial charge in [-0.25, -0.2) is 0 Å². The molecule has 0 aromatic heterocycles. The van der Waals surface area contributed by atoms with E-state index in [2.05, 4.69) is 4.99 Å². The van der Waals surface area contributed by atoms with Crippen LogP contribution in [0.2, 0.25) is 0 Å². The maximum Gasteiger partial charge on any atom is 0.166 e. The summed E-state index contributed by atoms with van der Waals surface area (Å²) in [6.45, 7) is 2.40. The van der Waals surface area contributed by atoms with Crippen LogP contribution in [0.3, 0.4) is 0 Å². The van der Waals surface area contributed by atoms with E-state index in [9.17, 15) is 5.11 Å². The molecule has 0 unspecified atom stereocenters. The van der Waals surface area contributed by atoms with Crippen molar-refractivity contribution in [1.29, 1.82) is 0 Å². The van der Waals surface area contributed by atoms with E-state index in [4.69, 9.17) is 4.74 Å². The van der Waals surface area contributed by atoms with Gasteiger partial charge in [0.05, 0.1) is 12.3 Å². The summed E-state index contributed by atoms with van der Waals surface area (Å²) in [5.41, 5.74) is 1.50. The highest BCUT2D eigenvalue weighted by Gasteiger charge is 2.05. The first-order valence-corrected chi connectivity index (χ1v) is 7.60. The molecule has 0 bridgehead atoms. The number of aliphatic imine (C=N–C) groups is 1. The Kier molecular flexibility index (Phi) is 5.07. The van der Waals surface area contributed by atoms with E-state index in [1.165, 1.54) is 0 Å². The van der Waals surface area contributed by atoms with Gasteiger partial charge in [0.1, 0.15) is 0 Å². The Labute approximate surface area is 123 Å². The number of nitrogens with zero attached hydrogens (tertiary/aromatic N) is 1. The molecule has 4 heteroatoms. The number of phenols is 1. The van der Waals surface area contributed by atoms with Crippen molar-refractivity contribution in [1.82, 2.24) is 0 Å². The first kappa shape index (κ1) is 14.5. The number of para-hydroxylation sites is 1. The van der Waals surface area contributed by atoms with E-state index in [1.807, 2.05) is 43.5 Å². The monoisotopic (exact) mass is 287 g/mol. The van der Waals surface area contributed by atoms with Crippen LogP contribution < -0.4 is 4.74 Å². The van der Waals surface area contributed by atoms with Crippen LogP contribution in [0.15, 0.2) is 52.4 Å². The summed E-state index contributed by atoms with van der Waals surface area (Å²) < 4.78 is 5.35. The van der Waals surface area contributed by atoms with Crippen molar-refractivity contribution < 1.29 is 9.84 Å². The molecule has 20 heavy (non-hydrogen) atoms. The summed E-state index contributed by atoms with van der Waals surface area (Å²) in [6, 6.07) is 13.3. The van der Waals surface area contributed by atoms with Crippen LogP contribution in [0.5, 0.6) is 11.5 Å². The van der Waals surface area contributed by atoms with E-state index < -0.39 is 0 Å². The van der Waals surface area contributed by atoms with Crippen molar-refractivity contribution in [2.75, 3.05) is 12.9 Å². The molecule has 0 saturated heterocycles. The third-order valence-corrected chi connectivity index (χ3v) is 3.46. The molecule has 104 valence electrons. The Morgan fingerprint density at radius 2 is 2.05 bits per heavy atom. The van der Waals surface area contributed by atoms with Gasteiger partial charge in [-0.1, -0.05) is 12.1 Å². The molecule has 3 nitrogen and oxygen atoms in total. The summed E-state index contributed by atoms with van der Waals surface area (Å²) in [7, 11) is 0. The summed E-state index contributed by atoms with van der Waals surface area (Å²) in [6.07, 6.45) is 3.68. The molecule has 2 rings (SSSR count). The van der Waals surface area contributed by atoms with Gasteiger partial charge in [0.2, 0.25) is 0 Å². The van der Waals surface area contributed by atoms with Crippen LogP contribution in [-0.2, 0) is 0 Å². The lowest BCUT2D eigenvalue weighted by molar-refractivity contribution is 0.318. The van der Waals surface area contributed by atoms with Crippen molar-refractivity contribution in [3.63, 3.8) is 0 Å². The molecule has 1 N–H and O–H groups in total. The molecule has 2 aromatic carbocycles. The molecule has 0 fully saturated rings. The highest BCUT2D eigenvalue weighted by atomic mass is 32.2. The smallest absolute Gasteiger partial charge is 0.166 e. The van der Waals surface area contributed by atoms with Gasteiger partial charge in [0, 0.05) is 16.7 Å². The van der Waals surface area contributed by atoms with Gasteiger partial charge in [0.25, 0.3) is 0 Å². The Balaban J connectivity index is 2.24. The SMILES string of the molecule is CCOc1cccc(C=Nc2cccc(SC)c2)c1O. The van der Waals surface area contributed by atoms with Crippen LogP contribution in [0.1, 0.15) is 12.5 Å². The fourth-order valence-corrected chi connectivity index (χ4v) is 2.20. The highest BCUT2D eigenvalue weighted by molar-refractivity contribution is 7.98. The van der Waals surface area contributed by atoms with Crippen LogP contribution in [0, 0.1) is 0 Å². The van der Waals surface area contributed by atoms with Gasteiger partial charge in [0.15, 0.2) is 11.5 Å². The predicted octanol–water partition coefficient (Wildman–Crippen LogP) is 4.26. The molecule has 0 amide bonds. The predicted molar refractivity (Wildman–Crippen MR) is 84.8 cm³/mol. The molecular formula is C16H17NO2S. The molecule has 0 saturated carbocycles. The maximum absolute atomic E-state index is 10.1. The topological polar surface area (TPSA) is 41.8 Å². The second-order valence-electron chi connectivity index (χ2n) is 4.09. The summed E-state index contributed by atoms with van der Waals surface area (Å²) in [5.74, 6) is 0.605. The maximum atomic E-state index is 10.1. The van der Waals surface area contributed by atoms with Crippen molar-refractivity contribution in [2.45, 2.75) is 11.8 Å². The van der Waals surface area contributed by atoms with Gasteiger partial charge in [-0.2, -0.15) is 0 Å². The van der Waals surface area contributed by atoms with Crippen LogP contribution in [0.4, 0.5) is 5.69 Å². The summed E-state index contributed by atoms with van der Waals surface area (Å²) in [5, 5.41) is 10.1. The minimum absolute atomic E-state index is 0.124. The molecule has 0 heterocycles. The van der Waals surface area contributed by atoms with Crippen molar-refractivity contribution in [3.05, 3.63) is 48.0 Å². The number of hydrogen-bond donors (Lipinski definition) is 1. The third kappa shape index (κ3) is 3.54. The third-order valence-electron chi connectivity index (χ3n) is 2.74. The molecule has 0 aliphatic heterocycles. The average Bonchev–Trinajstić information content (AvgIpc) is 2.48. The van der Waals surface area contributed by atoms with Crippen LogP contribution >= 0.6 is 11.8 Å². The minimum Gasteiger partial charge on any atom is -0.504 e. The molecule has 0 aliphatic rings. The number of benzene rings is 2. The van der Waals surface area contributed by atoms with E-state index in [-0.39, 0.29) is 5.75 Å². The van der Waals surface area contributed by atoms with E-state index in [0.717, 1.165) is 10.6 Å². The number of phenolic OH excluding ortho intramolecular Hbond substituents is 1. The highest BCUT2D eigenvalue weighted by Crippen LogP contribution is 2.29. The molecule has 0 atom stereocenters. The van der Waals surface area contributed by atoms with Crippen molar-refractivity contribution in [3.8, 4) is 11.5 Å². The fourth-order valence-electron chi connectivity index (χ4n) is 1.75. The number of hydrogen-bond acceptors (Lipinski definition) is 4. The zero-order chi connectivity index (χ0) is 14.4. The van der Waals surface area contributed by atoms with E-state index in [1.54, 1.807) is 30.1 Å². The molecule has 0 aliphatic carbocycles. The van der Waals surface area contributed by atoms with Gasteiger partial charge < -0.3 is 9.84 Å². The zero-order valence-electron chi connectivity index (χ0n) is 11.5.